The lowest BCUT2D eigenvalue weighted by Gasteiger charge is -2.17. The maximum absolute atomic E-state index is 5.92. The number of furan rings is 1. The third-order valence-electron chi connectivity index (χ3n) is 3.92. The van der Waals surface area contributed by atoms with Gasteiger partial charge in [-0.15, -0.1) is 0 Å². The lowest BCUT2D eigenvalue weighted by Crippen LogP contribution is -2.25. The molecule has 2 heterocycles. The van der Waals surface area contributed by atoms with Gasteiger partial charge in [0.2, 0.25) is 0 Å². The summed E-state index contributed by atoms with van der Waals surface area (Å²) in [6.45, 7) is 6.44. The molecule has 1 saturated heterocycles. The Kier molecular flexibility index (Phi) is 4.51. The van der Waals surface area contributed by atoms with Gasteiger partial charge in [-0.05, 0) is 44.6 Å². The molecule has 106 valence electrons. The topological polar surface area (TPSA) is 28.4 Å². The number of hydrogen-bond donors (Lipinski definition) is 1. The largest absolute Gasteiger partial charge is 0.465 e. The van der Waals surface area contributed by atoms with E-state index in [1.165, 1.54) is 49.4 Å². The molecule has 1 N–H and O–H groups in total. The zero-order chi connectivity index (χ0) is 13.1. The molecular weight excluding hydrogens is 256 g/mol. The summed E-state index contributed by atoms with van der Waals surface area (Å²) in [4.78, 5) is 2.52. The van der Waals surface area contributed by atoms with E-state index in [2.05, 4.69) is 35.0 Å². The van der Waals surface area contributed by atoms with Gasteiger partial charge in [-0.3, -0.25) is 4.90 Å². The van der Waals surface area contributed by atoms with Crippen molar-refractivity contribution in [1.82, 2.24) is 10.2 Å². The molecule has 0 unspecified atom stereocenters. The first-order valence-corrected chi connectivity index (χ1v) is 8.58. The molecule has 1 aliphatic heterocycles. The molecule has 0 atom stereocenters. The second-order valence-electron chi connectivity index (χ2n) is 5.69. The van der Waals surface area contributed by atoms with Gasteiger partial charge in [-0.1, -0.05) is 0 Å². The Morgan fingerprint density at radius 1 is 1.37 bits per heavy atom. The molecular formula is C15H24N2OS. The van der Waals surface area contributed by atoms with E-state index in [0.717, 1.165) is 30.7 Å². The Hall–Kier alpha value is -0.450. The smallest absolute Gasteiger partial charge is 0.118 e. The second kappa shape index (κ2) is 6.33. The minimum Gasteiger partial charge on any atom is -0.465 e. The summed E-state index contributed by atoms with van der Waals surface area (Å²) in [6, 6.07) is 3.02. The summed E-state index contributed by atoms with van der Waals surface area (Å²) in [6.07, 6.45) is 3.99. The zero-order valence-corrected chi connectivity index (χ0v) is 12.6. The maximum atomic E-state index is 5.92. The van der Waals surface area contributed by atoms with Crippen molar-refractivity contribution in [2.75, 3.05) is 24.6 Å². The number of rotatable bonds is 5. The number of hydrogen-bond acceptors (Lipinski definition) is 4. The highest BCUT2D eigenvalue weighted by atomic mass is 32.2. The Bertz CT molecular complexity index is 406. The molecule has 3 nitrogen and oxygen atoms in total. The highest BCUT2D eigenvalue weighted by Gasteiger charge is 2.21. The van der Waals surface area contributed by atoms with Gasteiger partial charge < -0.3 is 9.73 Å². The van der Waals surface area contributed by atoms with Gasteiger partial charge in [0.15, 0.2) is 0 Å². The van der Waals surface area contributed by atoms with Crippen LogP contribution in [0.4, 0.5) is 0 Å². The fraction of sp³-hybridized carbons (Fsp3) is 0.733. The molecule has 0 amide bonds. The van der Waals surface area contributed by atoms with Crippen LogP contribution in [0.3, 0.4) is 0 Å². The van der Waals surface area contributed by atoms with E-state index >= 15 is 0 Å². The van der Waals surface area contributed by atoms with Crippen molar-refractivity contribution in [3.63, 3.8) is 0 Å². The average Bonchev–Trinajstić information content (AvgIpc) is 3.17. The molecule has 1 saturated carbocycles. The van der Waals surface area contributed by atoms with E-state index in [1.807, 2.05) is 0 Å². The van der Waals surface area contributed by atoms with Crippen LogP contribution in [-0.2, 0) is 13.1 Å². The highest BCUT2D eigenvalue weighted by Crippen LogP contribution is 2.22. The van der Waals surface area contributed by atoms with Crippen LogP contribution in [0, 0.1) is 6.92 Å². The Morgan fingerprint density at radius 2 is 2.26 bits per heavy atom. The van der Waals surface area contributed by atoms with Crippen molar-refractivity contribution < 1.29 is 4.42 Å². The van der Waals surface area contributed by atoms with Gasteiger partial charge in [-0.25, -0.2) is 0 Å². The van der Waals surface area contributed by atoms with E-state index in [0.29, 0.717) is 0 Å². The quantitative estimate of drug-likeness (QED) is 0.898. The molecule has 19 heavy (non-hydrogen) atoms. The fourth-order valence-electron chi connectivity index (χ4n) is 2.56. The summed E-state index contributed by atoms with van der Waals surface area (Å²) in [5, 5.41) is 3.56. The first-order valence-electron chi connectivity index (χ1n) is 7.43. The third-order valence-corrected chi connectivity index (χ3v) is 4.97. The summed E-state index contributed by atoms with van der Waals surface area (Å²) >= 11 is 2.07. The molecule has 2 fully saturated rings. The fourth-order valence-corrected chi connectivity index (χ4v) is 3.48. The van der Waals surface area contributed by atoms with Crippen molar-refractivity contribution in [2.24, 2.45) is 0 Å². The Balaban J connectivity index is 1.55. The lowest BCUT2D eigenvalue weighted by molar-refractivity contribution is 0.260. The van der Waals surface area contributed by atoms with Crippen molar-refractivity contribution in [3.8, 4) is 0 Å². The summed E-state index contributed by atoms with van der Waals surface area (Å²) < 4.78 is 5.92. The van der Waals surface area contributed by atoms with Crippen LogP contribution >= 0.6 is 11.8 Å². The van der Waals surface area contributed by atoms with Crippen LogP contribution in [0.1, 0.15) is 36.3 Å². The molecule has 0 radical (unpaired) electrons. The Labute approximate surface area is 120 Å². The van der Waals surface area contributed by atoms with Crippen molar-refractivity contribution in [3.05, 3.63) is 23.2 Å². The predicted molar refractivity (Wildman–Crippen MR) is 80.5 cm³/mol. The van der Waals surface area contributed by atoms with Crippen LogP contribution in [-0.4, -0.2) is 35.5 Å². The predicted octanol–water partition coefficient (Wildman–Crippen LogP) is 2.78. The minimum absolute atomic E-state index is 0.764. The lowest BCUT2D eigenvalue weighted by atomic mass is 10.2. The minimum atomic E-state index is 0.764. The van der Waals surface area contributed by atoms with Crippen molar-refractivity contribution in [2.45, 2.75) is 45.3 Å². The normalized spacial score (nSPS) is 21.5. The van der Waals surface area contributed by atoms with E-state index in [-0.39, 0.29) is 0 Å². The number of nitrogens with zero attached hydrogens (tertiary/aromatic N) is 1. The molecule has 0 aromatic carbocycles. The molecule has 2 aliphatic rings. The van der Waals surface area contributed by atoms with Gasteiger partial charge in [0.05, 0.1) is 6.54 Å². The Morgan fingerprint density at radius 3 is 3.11 bits per heavy atom. The molecule has 1 aromatic rings. The molecule has 0 bridgehead atoms. The van der Waals surface area contributed by atoms with E-state index < -0.39 is 0 Å². The summed E-state index contributed by atoms with van der Waals surface area (Å²) in [5.74, 6) is 4.80. The zero-order valence-electron chi connectivity index (χ0n) is 11.8. The number of nitrogens with one attached hydrogen (secondary N) is 1. The molecule has 1 aliphatic carbocycles. The first kappa shape index (κ1) is 13.5. The second-order valence-corrected chi connectivity index (χ2v) is 6.92. The average molecular weight is 280 g/mol. The van der Waals surface area contributed by atoms with Gasteiger partial charge in [0, 0.05) is 30.4 Å². The van der Waals surface area contributed by atoms with Gasteiger partial charge in [0.1, 0.15) is 11.5 Å². The summed E-state index contributed by atoms with van der Waals surface area (Å²) in [7, 11) is 0. The third kappa shape index (κ3) is 4.01. The van der Waals surface area contributed by atoms with E-state index in [9.17, 15) is 0 Å². The van der Waals surface area contributed by atoms with E-state index in [4.69, 9.17) is 4.42 Å². The maximum Gasteiger partial charge on any atom is 0.118 e. The molecule has 3 rings (SSSR count). The van der Waals surface area contributed by atoms with Crippen LogP contribution in [0.2, 0.25) is 0 Å². The van der Waals surface area contributed by atoms with Crippen molar-refractivity contribution >= 4 is 11.8 Å². The monoisotopic (exact) mass is 280 g/mol. The molecule has 0 spiro atoms. The van der Waals surface area contributed by atoms with Gasteiger partial charge in [-0.2, -0.15) is 11.8 Å². The van der Waals surface area contributed by atoms with Crippen LogP contribution in [0.5, 0.6) is 0 Å². The summed E-state index contributed by atoms with van der Waals surface area (Å²) in [5.41, 5.74) is 1.34. The van der Waals surface area contributed by atoms with Crippen molar-refractivity contribution in [1.29, 1.82) is 0 Å². The number of aryl methyl sites for hydroxylation is 1. The standard InChI is InChI=1S/C15H24N2OS/c1-12-13(10-16-14-3-4-14)9-15(18-12)11-17-5-2-7-19-8-6-17/h9,14,16H,2-8,10-11H2,1H3. The first-order chi connectivity index (χ1) is 9.31. The van der Waals surface area contributed by atoms with Gasteiger partial charge in [0.25, 0.3) is 0 Å². The number of thioether (sulfide) groups is 1. The molecule has 1 aromatic heterocycles. The van der Waals surface area contributed by atoms with E-state index in [1.54, 1.807) is 0 Å². The highest BCUT2D eigenvalue weighted by molar-refractivity contribution is 7.99. The van der Waals surface area contributed by atoms with Crippen LogP contribution in [0.25, 0.3) is 0 Å². The van der Waals surface area contributed by atoms with Crippen LogP contribution in [0.15, 0.2) is 10.5 Å². The van der Waals surface area contributed by atoms with Gasteiger partial charge >= 0.3 is 0 Å². The van der Waals surface area contributed by atoms with Crippen LogP contribution < -0.4 is 5.32 Å². The molecule has 4 heteroatoms. The SMILES string of the molecule is Cc1oc(CN2CCCSCC2)cc1CNC1CC1.